The third kappa shape index (κ3) is 2.96. The Labute approximate surface area is 109 Å². The van der Waals surface area contributed by atoms with E-state index in [4.69, 9.17) is 11.6 Å². The summed E-state index contributed by atoms with van der Waals surface area (Å²) in [6, 6.07) is 10.4. The predicted octanol–water partition coefficient (Wildman–Crippen LogP) is 3.36. The number of rotatable bonds is 3. The van der Waals surface area contributed by atoms with Gasteiger partial charge in [0.1, 0.15) is 0 Å². The summed E-state index contributed by atoms with van der Waals surface area (Å²) >= 11 is 5.78. The lowest BCUT2D eigenvalue weighted by atomic mass is 10.0. The topological polar surface area (TPSA) is 50.2 Å². The van der Waals surface area contributed by atoms with Crippen molar-refractivity contribution in [3.05, 3.63) is 64.9 Å². The molecule has 1 aromatic heterocycles. The van der Waals surface area contributed by atoms with Crippen molar-refractivity contribution in [2.75, 3.05) is 0 Å². The first-order chi connectivity index (χ1) is 8.66. The predicted molar refractivity (Wildman–Crippen MR) is 71.2 cm³/mol. The summed E-state index contributed by atoms with van der Waals surface area (Å²) in [7, 11) is 0. The Balaban J connectivity index is 2.43. The normalized spacial score (nSPS) is 11.3. The van der Waals surface area contributed by atoms with E-state index >= 15 is 0 Å². The van der Waals surface area contributed by atoms with Crippen molar-refractivity contribution in [2.45, 2.75) is 0 Å². The number of carboxylic acids is 1. The zero-order chi connectivity index (χ0) is 13.0. The van der Waals surface area contributed by atoms with Crippen molar-refractivity contribution in [1.82, 2.24) is 4.98 Å². The van der Waals surface area contributed by atoms with Crippen LogP contribution in [-0.2, 0) is 4.79 Å². The minimum Gasteiger partial charge on any atom is -0.478 e. The lowest BCUT2D eigenvalue weighted by Gasteiger charge is -2.02. The van der Waals surface area contributed by atoms with Gasteiger partial charge in [0.25, 0.3) is 0 Å². The molecule has 4 heteroatoms. The first-order valence-electron chi connectivity index (χ1n) is 5.28. The van der Waals surface area contributed by atoms with Crippen LogP contribution in [0.3, 0.4) is 0 Å². The van der Waals surface area contributed by atoms with Gasteiger partial charge in [-0.2, -0.15) is 0 Å². The maximum absolute atomic E-state index is 11.2. The molecule has 90 valence electrons. The van der Waals surface area contributed by atoms with Crippen LogP contribution in [0, 0.1) is 0 Å². The van der Waals surface area contributed by atoms with E-state index in [0.717, 1.165) is 5.56 Å². The maximum Gasteiger partial charge on any atom is 0.336 e. The molecule has 0 saturated heterocycles. The molecule has 1 heterocycles. The Kier molecular flexibility index (Phi) is 3.75. The lowest BCUT2D eigenvalue weighted by molar-refractivity contribution is -0.130. The van der Waals surface area contributed by atoms with Gasteiger partial charge in [0.15, 0.2) is 0 Å². The van der Waals surface area contributed by atoms with Crippen molar-refractivity contribution in [3.63, 3.8) is 0 Å². The second kappa shape index (κ2) is 5.47. The quantitative estimate of drug-likeness (QED) is 0.860. The Morgan fingerprint density at radius 2 is 1.94 bits per heavy atom. The molecule has 0 fully saturated rings. The number of halogens is 1. The average Bonchev–Trinajstić information content (AvgIpc) is 2.38. The highest BCUT2D eigenvalue weighted by molar-refractivity contribution is 6.30. The van der Waals surface area contributed by atoms with Crippen LogP contribution >= 0.6 is 11.6 Å². The van der Waals surface area contributed by atoms with E-state index in [1.54, 1.807) is 48.7 Å². The highest BCUT2D eigenvalue weighted by Crippen LogP contribution is 2.19. The summed E-state index contributed by atoms with van der Waals surface area (Å²) < 4.78 is 0. The third-order valence-corrected chi connectivity index (χ3v) is 2.64. The Morgan fingerprint density at radius 3 is 2.50 bits per heavy atom. The van der Waals surface area contributed by atoms with Crippen molar-refractivity contribution >= 4 is 29.2 Å². The maximum atomic E-state index is 11.2. The van der Waals surface area contributed by atoms with Gasteiger partial charge in [0, 0.05) is 23.0 Å². The minimum atomic E-state index is -0.988. The number of benzene rings is 1. The van der Waals surface area contributed by atoms with Gasteiger partial charge in [-0.15, -0.1) is 0 Å². The third-order valence-electron chi connectivity index (χ3n) is 2.38. The van der Waals surface area contributed by atoms with Crippen LogP contribution in [-0.4, -0.2) is 16.1 Å². The molecule has 3 nitrogen and oxygen atoms in total. The zero-order valence-corrected chi connectivity index (χ0v) is 10.1. The number of hydrogen-bond acceptors (Lipinski definition) is 2. The van der Waals surface area contributed by atoms with E-state index in [1.807, 2.05) is 0 Å². The van der Waals surface area contributed by atoms with E-state index in [0.29, 0.717) is 10.6 Å². The van der Waals surface area contributed by atoms with Gasteiger partial charge in [-0.1, -0.05) is 29.8 Å². The van der Waals surface area contributed by atoms with Crippen molar-refractivity contribution < 1.29 is 9.90 Å². The fourth-order valence-electron chi connectivity index (χ4n) is 1.52. The van der Waals surface area contributed by atoms with Gasteiger partial charge in [-0.05, 0) is 29.8 Å². The second-order valence-electron chi connectivity index (χ2n) is 3.66. The van der Waals surface area contributed by atoms with Crippen LogP contribution in [0.4, 0.5) is 0 Å². The second-order valence-corrected chi connectivity index (χ2v) is 4.09. The van der Waals surface area contributed by atoms with Crippen LogP contribution in [0.25, 0.3) is 11.6 Å². The molecule has 0 bridgehead atoms. The van der Waals surface area contributed by atoms with Crippen LogP contribution in [0.15, 0.2) is 48.8 Å². The highest BCUT2D eigenvalue weighted by atomic mass is 35.5. The number of hydrogen-bond donors (Lipinski definition) is 1. The highest BCUT2D eigenvalue weighted by Gasteiger charge is 2.10. The first-order valence-corrected chi connectivity index (χ1v) is 5.65. The number of carboxylic acid groups (broad SMARTS) is 1. The standard InChI is InChI=1S/C14H10ClNO2/c15-12-5-3-10(4-6-12)8-13(14(17)18)11-2-1-7-16-9-11/h1-9H,(H,17,18)/b13-8+. The molecule has 0 unspecified atom stereocenters. The number of carbonyl (C=O) groups is 1. The molecule has 0 aliphatic carbocycles. The van der Waals surface area contributed by atoms with Crippen LogP contribution < -0.4 is 0 Å². The van der Waals surface area contributed by atoms with Gasteiger partial charge in [-0.25, -0.2) is 4.79 Å². The summed E-state index contributed by atoms with van der Waals surface area (Å²) in [4.78, 5) is 15.2. The van der Waals surface area contributed by atoms with Crippen LogP contribution in [0.2, 0.25) is 5.02 Å². The SMILES string of the molecule is O=C(O)/C(=C/c1ccc(Cl)cc1)c1cccnc1. The molecule has 0 aliphatic rings. The Hall–Kier alpha value is -2.13. The van der Waals surface area contributed by atoms with Gasteiger partial charge in [-0.3, -0.25) is 4.98 Å². The van der Waals surface area contributed by atoms with E-state index in [-0.39, 0.29) is 5.57 Å². The summed E-state index contributed by atoms with van der Waals surface area (Å²) in [6.07, 6.45) is 4.72. The molecule has 1 N–H and O–H groups in total. The van der Waals surface area contributed by atoms with Crippen molar-refractivity contribution in [2.24, 2.45) is 0 Å². The van der Waals surface area contributed by atoms with Gasteiger partial charge >= 0.3 is 5.97 Å². The molecule has 18 heavy (non-hydrogen) atoms. The van der Waals surface area contributed by atoms with Crippen molar-refractivity contribution in [1.29, 1.82) is 0 Å². The molecule has 0 amide bonds. The first kappa shape index (κ1) is 12.3. The lowest BCUT2D eigenvalue weighted by Crippen LogP contribution is -1.99. The van der Waals surface area contributed by atoms with Crippen molar-refractivity contribution in [3.8, 4) is 0 Å². The molecule has 2 aromatic rings. The van der Waals surface area contributed by atoms with E-state index in [2.05, 4.69) is 4.98 Å². The Bertz CT molecular complexity index is 577. The molecule has 1 aromatic carbocycles. The van der Waals surface area contributed by atoms with Crippen LogP contribution in [0.1, 0.15) is 11.1 Å². The molecule has 0 radical (unpaired) electrons. The summed E-state index contributed by atoms with van der Waals surface area (Å²) in [5.41, 5.74) is 1.55. The fourth-order valence-corrected chi connectivity index (χ4v) is 1.64. The van der Waals surface area contributed by atoms with E-state index < -0.39 is 5.97 Å². The largest absolute Gasteiger partial charge is 0.478 e. The summed E-state index contributed by atoms with van der Waals surface area (Å²) in [6.45, 7) is 0. The molecular weight excluding hydrogens is 250 g/mol. The number of pyridine rings is 1. The fraction of sp³-hybridized carbons (Fsp3) is 0. The number of nitrogens with zero attached hydrogens (tertiary/aromatic N) is 1. The van der Waals surface area contributed by atoms with E-state index in [1.165, 1.54) is 6.20 Å². The summed E-state index contributed by atoms with van der Waals surface area (Å²) in [5.74, 6) is -0.988. The summed E-state index contributed by atoms with van der Waals surface area (Å²) in [5, 5.41) is 9.84. The molecule has 2 rings (SSSR count). The van der Waals surface area contributed by atoms with Gasteiger partial charge in [0.05, 0.1) is 5.57 Å². The molecule has 0 atom stereocenters. The van der Waals surface area contributed by atoms with Gasteiger partial charge < -0.3 is 5.11 Å². The Morgan fingerprint density at radius 1 is 1.22 bits per heavy atom. The zero-order valence-electron chi connectivity index (χ0n) is 9.38. The van der Waals surface area contributed by atoms with Crippen LogP contribution in [0.5, 0.6) is 0 Å². The monoisotopic (exact) mass is 259 g/mol. The minimum absolute atomic E-state index is 0.199. The molecule has 0 aliphatic heterocycles. The van der Waals surface area contributed by atoms with Gasteiger partial charge in [0.2, 0.25) is 0 Å². The molecule has 0 saturated carbocycles. The number of aliphatic carboxylic acids is 1. The number of aromatic nitrogens is 1. The van der Waals surface area contributed by atoms with E-state index in [9.17, 15) is 9.90 Å². The smallest absolute Gasteiger partial charge is 0.336 e. The molecular formula is C14H10ClNO2. The average molecular weight is 260 g/mol. The molecule has 0 spiro atoms.